The van der Waals surface area contributed by atoms with Crippen molar-refractivity contribution < 1.29 is 5.11 Å². The molecule has 2 aromatic heterocycles. The van der Waals surface area contributed by atoms with Gasteiger partial charge in [-0.2, -0.15) is 0 Å². The molecule has 0 aromatic carbocycles. The minimum atomic E-state index is 0.308. The molecule has 0 saturated carbocycles. The Morgan fingerprint density at radius 3 is 2.85 bits per heavy atom. The summed E-state index contributed by atoms with van der Waals surface area (Å²) in [5.74, 6) is 0. The summed E-state index contributed by atoms with van der Waals surface area (Å²) in [6.45, 7) is 2.12. The Morgan fingerprint density at radius 1 is 1.15 bits per heavy atom. The molecular formula is C15H21N3OS. The van der Waals surface area contributed by atoms with Gasteiger partial charge < -0.3 is 10.4 Å². The molecule has 0 fully saturated rings. The average molecular weight is 291 g/mol. The monoisotopic (exact) mass is 291 g/mol. The maximum absolute atomic E-state index is 8.69. The van der Waals surface area contributed by atoms with Crippen LogP contribution in [-0.4, -0.2) is 28.2 Å². The first kappa shape index (κ1) is 15.1. The largest absolute Gasteiger partial charge is 0.396 e. The van der Waals surface area contributed by atoms with Crippen molar-refractivity contribution >= 4 is 11.3 Å². The number of hydrogen-bond acceptors (Lipinski definition) is 5. The van der Waals surface area contributed by atoms with E-state index in [1.54, 1.807) is 17.5 Å². The fourth-order valence-electron chi connectivity index (χ4n) is 1.93. The molecule has 2 N–H and O–H groups in total. The smallest absolute Gasteiger partial charge is 0.142 e. The minimum Gasteiger partial charge on any atom is -0.396 e. The molecule has 20 heavy (non-hydrogen) atoms. The topological polar surface area (TPSA) is 58.0 Å². The lowest BCUT2D eigenvalue weighted by molar-refractivity contribution is 0.282. The molecule has 2 heterocycles. The second kappa shape index (κ2) is 8.79. The van der Waals surface area contributed by atoms with Gasteiger partial charge in [0.2, 0.25) is 0 Å². The Bertz CT molecular complexity index is 487. The zero-order chi connectivity index (χ0) is 14.0. The summed E-state index contributed by atoms with van der Waals surface area (Å²) in [4.78, 5) is 8.90. The van der Waals surface area contributed by atoms with Crippen molar-refractivity contribution in [1.29, 1.82) is 0 Å². The Hall–Kier alpha value is -1.30. The van der Waals surface area contributed by atoms with Crippen molar-refractivity contribution in [3.63, 3.8) is 0 Å². The third-order valence-electron chi connectivity index (χ3n) is 3.00. The lowest BCUT2D eigenvalue weighted by Crippen LogP contribution is -2.14. The van der Waals surface area contributed by atoms with Gasteiger partial charge in [-0.25, -0.2) is 4.98 Å². The van der Waals surface area contributed by atoms with Crippen LogP contribution >= 0.6 is 11.3 Å². The van der Waals surface area contributed by atoms with E-state index in [2.05, 4.69) is 20.7 Å². The fourth-order valence-corrected chi connectivity index (χ4v) is 2.72. The fraction of sp³-hybridized carbons (Fsp3) is 0.467. The third kappa shape index (κ3) is 5.00. The van der Waals surface area contributed by atoms with Gasteiger partial charge in [0.15, 0.2) is 0 Å². The van der Waals surface area contributed by atoms with Gasteiger partial charge in [0.25, 0.3) is 0 Å². The SMILES string of the molecule is OCCCCCCNCc1csc(-c2ccccn2)n1. The number of aromatic nitrogens is 2. The van der Waals surface area contributed by atoms with Crippen molar-refractivity contribution in [1.82, 2.24) is 15.3 Å². The summed E-state index contributed by atoms with van der Waals surface area (Å²) in [5, 5.41) is 15.2. The van der Waals surface area contributed by atoms with Crippen LogP contribution in [0.5, 0.6) is 0 Å². The van der Waals surface area contributed by atoms with Gasteiger partial charge in [0.1, 0.15) is 5.01 Å². The second-order valence-electron chi connectivity index (χ2n) is 4.67. The molecule has 0 aliphatic carbocycles. The number of nitrogens with one attached hydrogen (secondary N) is 1. The molecular weight excluding hydrogens is 270 g/mol. The number of aliphatic hydroxyl groups is 1. The first-order valence-electron chi connectivity index (χ1n) is 7.07. The number of thiazole rings is 1. The van der Waals surface area contributed by atoms with E-state index in [1.807, 2.05) is 18.2 Å². The predicted molar refractivity (Wildman–Crippen MR) is 82.6 cm³/mol. The highest BCUT2D eigenvalue weighted by atomic mass is 32.1. The maximum atomic E-state index is 8.69. The summed E-state index contributed by atoms with van der Waals surface area (Å²) in [5.41, 5.74) is 2.01. The van der Waals surface area contributed by atoms with E-state index >= 15 is 0 Å². The van der Waals surface area contributed by atoms with Crippen LogP contribution in [0.25, 0.3) is 10.7 Å². The molecule has 0 bridgehead atoms. The molecule has 2 rings (SSSR count). The van der Waals surface area contributed by atoms with Gasteiger partial charge in [-0.3, -0.25) is 4.98 Å². The molecule has 0 radical (unpaired) electrons. The van der Waals surface area contributed by atoms with Crippen molar-refractivity contribution in [3.8, 4) is 10.7 Å². The Labute approximate surface area is 123 Å². The van der Waals surface area contributed by atoms with E-state index in [0.717, 1.165) is 48.7 Å². The van der Waals surface area contributed by atoms with E-state index in [1.165, 1.54) is 6.42 Å². The van der Waals surface area contributed by atoms with Crippen molar-refractivity contribution in [2.24, 2.45) is 0 Å². The predicted octanol–water partition coefficient (Wildman–Crippen LogP) is 2.85. The van der Waals surface area contributed by atoms with Gasteiger partial charge in [-0.15, -0.1) is 11.3 Å². The van der Waals surface area contributed by atoms with E-state index in [-0.39, 0.29) is 0 Å². The van der Waals surface area contributed by atoms with Gasteiger partial charge in [-0.1, -0.05) is 18.9 Å². The number of hydrogen-bond donors (Lipinski definition) is 2. The summed E-state index contributed by atoms with van der Waals surface area (Å²) < 4.78 is 0. The highest BCUT2D eigenvalue weighted by Crippen LogP contribution is 2.21. The van der Waals surface area contributed by atoms with E-state index in [9.17, 15) is 0 Å². The molecule has 0 aliphatic rings. The van der Waals surface area contributed by atoms with Crippen LogP contribution in [0.3, 0.4) is 0 Å². The molecule has 0 aliphatic heterocycles. The van der Waals surface area contributed by atoms with Crippen LogP contribution in [0.4, 0.5) is 0 Å². The Kier molecular flexibility index (Phi) is 6.63. The normalized spacial score (nSPS) is 10.8. The third-order valence-corrected chi connectivity index (χ3v) is 3.92. The van der Waals surface area contributed by atoms with Crippen LogP contribution in [0.1, 0.15) is 31.4 Å². The first-order chi connectivity index (χ1) is 9.90. The molecule has 0 amide bonds. The van der Waals surface area contributed by atoms with Crippen LogP contribution in [-0.2, 0) is 6.54 Å². The molecule has 0 spiro atoms. The average Bonchev–Trinajstić information content (AvgIpc) is 2.96. The van der Waals surface area contributed by atoms with Gasteiger partial charge in [-0.05, 0) is 31.5 Å². The number of nitrogens with zero attached hydrogens (tertiary/aromatic N) is 2. The van der Waals surface area contributed by atoms with Crippen LogP contribution in [0, 0.1) is 0 Å². The van der Waals surface area contributed by atoms with Crippen LogP contribution in [0.15, 0.2) is 29.8 Å². The number of unbranched alkanes of at least 4 members (excludes halogenated alkanes) is 3. The number of rotatable bonds is 9. The molecule has 0 atom stereocenters. The summed E-state index contributed by atoms with van der Waals surface area (Å²) in [7, 11) is 0. The highest BCUT2D eigenvalue weighted by Gasteiger charge is 2.04. The lowest BCUT2D eigenvalue weighted by atomic mass is 10.2. The minimum absolute atomic E-state index is 0.308. The van der Waals surface area contributed by atoms with Crippen molar-refractivity contribution in [3.05, 3.63) is 35.5 Å². The zero-order valence-corrected chi connectivity index (χ0v) is 12.4. The summed E-state index contributed by atoms with van der Waals surface area (Å²) >= 11 is 1.64. The first-order valence-corrected chi connectivity index (χ1v) is 7.95. The van der Waals surface area contributed by atoms with Crippen molar-refractivity contribution in [2.45, 2.75) is 32.2 Å². The maximum Gasteiger partial charge on any atom is 0.142 e. The molecule has 0 saturated heterocycles. The van der Waals surface area contributed by atoms with Crippen molar-refractivity contribution in [2.75, 3.05) is 13.2 Å². The Balaban J connectivity index is 1.69. The zero-order valence-electron chi connectivity index (χ0n) is 11.6. The molecule has 108 valence electrons. The summed E-state index contributed by atoms with van der Waals surface area (Å²) in [6.07, 6.45) is 6.14. The highest BCUT2D eigenvalue weighted by molar-refractivity contribution is 7.13. The van der Waals surface area contributed by atoms with Crippen LogP contribution in [0.2, 0.25) is 0 Å². The van der Waals surface area contributed by atoms with E-state index in [4.69, 9.17) is 5.11 Å². The molecule has 2 aromatic rings. The lowest BCUT2D eigenvalue weighted by Gasteiger charge is -2.02. The van der Waals surface area contributed by atoms with Gasteiger partial charge in [0, 0.05) is 24.7 Å². The summed E-state index contributed by atoms with van der Waals surface area (Å²) in [6, 6.07) is 5.88. The quantitative estimate of drug-likeness (QED) is 0.698. The number of aliphatic hydroxyl groups excluding tert-OH is 1. The van der Waals surface area contributed by atoms with E-state index in [0.29, 0.717) is 6.61 Å². The second-order valence-corrected chi connectivity index (χ2v) is 5.53. The molecule has 4 nitrogen and oxygen atoms in total. The standard InChI is InChI=1S/C15H21N3OS/c19-10-6-2-1-4-8-16-11-13-12-20-15(18-13)14-7-3-5-9-17-14/h3,5,7,9,12,16,19H,1-2,4,6,8,10-11H2. The Morgan fingerprint density at radius 2 is 2.05 bits per heavy atom. The van der Waals surface area contributed by atoms with Gasteiger partial charge in [0.05, 0.1) is 11.4 Å². The molecule has 5 heteroatoms. The van der Waals surface area contributed by atoms with E-state index < -0.39 is 0 Å². The molecule has 0 unspecified atom stereocenters. The van der Waals surface area contributed by atoms with Crippen LogP contribution < -0.4 is 5.32 Å². The number of pyridine rings is 1. The van der Waals surface area contributed by atoms with Gasteiger partial charge >= 0.3 is 0 Å².